The number of rotatable bonds is 4. The third kappa shape index (κ3) is 3.08. The van der Waals surface area contributed by atoms with E-state index in [1.165, 1.54) is 11.1 Å². The molecule has 2 aromatic carbocycles. The zero-order chi connectivity index (χ0) is 19.8. The lowest BCUT2D eigenvalue weighted by Crippen LogP contribution is -2.49. The predicted octanol–water partition coefficient (Wildman–Crippen LogP) is 3.09. The summed E-state index contributed by atoms with van der Waals surface area (Å²) in [4.78, 5) is 2.32. The average Bonchev–Trinajstić information content (AvgIpc) is 3.30. The maximum absolute atomic E-state index is 6.36. The van der Waals surface area contributed by atoms with Gasteiger partial charge in [-0.05, 0) is 30.0 Å². The zero-order valence-electron chi connectivity index (χ0n) is 17.0. The molecule has 3 aromatic rings. The average molecular weight is 390 g/mol. The molecule has 1 atom stereocenters. The standard InChI is InChI=1S/C23H26N4O2/c1-26-21(15-18-8-4-6-10-20(18)28-2)24-25-22(26)27-13-14-29-23(16-27)12-11-17-7-3-5-9-19(17)23/h3-10H,11-16H2,1-2H3. The molecule has 6 heteroatoms. The molecule has 1 aliphatic heterocycles. The third-order valence-corrected chi connectivity index (χ3v) is 6.26. The van der Waals surface area contributed by atoms with Gasteiger partial charge in [0, 0.05) is 25.6 Å². The van der Waals surface area contributed by atoms with E-state index in [0.29, 0.717) is 13.0 Å². The number of morpholine rings is 1. The van der Waals surface area contributed by atoms with Gasteiger partial charge >= 0.3 is 0 Å². The molecule has 0 saturated carbocycles. The van der Waals surface area contributed by atoms with Gasteiger partial charge in [0.15, 0.2) is 0 Å². The quantitative estimate of drug-likeness (QED) is 0.685. The van der Waals surface area contributed by atoms with E-state index in [1.54, 1.807) is 7.11 Å². The van der Waals surface area contributed by atoms with Gasteiger partial charge in [0.25, 0.3) is 0 Å². The summed E-state index contributed by atoms with van der Waals surface area (Å²) in [5, 5.41) is 9.04. The molecule has 0 N–H and O–H groups in total. The van der Waals surface area contributed by atoms with Gasteiger partial charge in [0.2, 0.25) is 5.95 Å². The van der Waals surface area contributed by atoms with Crippen LogP contribution in [0.2, 0.25) is 0 Å². The van der Waals surface area contributed by atoms with E-state index in [2.05, 4.69) is 50.0 Å². The van der Waals surface area contributed by atoms with Gasteiger partial charge in [0.1, 0.15) is 17.2 Å². The van der Waals surface area contributed by atoms with Crippen molar-refractivity contribution in [3.63, 3.8) is 0 Å². The second kappa shape index (κ2) is 7.19. The Morgan fingerprint density at radius 3 is 2.83 bits per heavy atom. The van der Waals surface area contributed by atoms with Gasteiger partial charge < -0.3 is 18.9 Å². The topological polar surface area (TPSA) is 52.4 Å². The van der Waals surface area contributed by atoms with E-state index in [-0.39, 0.29) is 5.60 Å². The van der Waals surface area contributed by atoms with E-state index in [1.807, 2.05) is 25.2 Å². The fourth-order valence-electron chi connectivity index (χ4n) is 4.72. The number of ether oxygens (including phenoxy) is 2. The number of aryl methyl sites for hydroxylation is 1. The van der Waals surface area contributed by atoms with Gasteiger partial charge in [-0.25, -0.2) is 0 Å². The highest BCUT2D eigenvalue weighted by molar-refractivity contribution is 5.43. The first-order valence-electron chi connectivity index (χ1n) is 10.2. The van der Waals surface area contributed by atoms with Crippen molar-refractivity contribution in [1.29, 1.82) is 0 Å². The SMILES string of the molecule is COc1ccccc1Cc1nnc(N2CCOC3(CCc4ccccc43)C2)n1C. The van der Waals surface area contributed by atoms with E-state index in [9.17, 15) is 0 Å². The molecule has 1 spiro atoms. The molecule has 2 heterocycles. The van der Waals surface area contributed by atoms with Crippen molar-refractivity contribution in [3.8, 4) is 5.75 Å². The van der Waals surface area contributed by atoms with Crippen LogP contribution in [0.4, 0.5) is 5.95 Å². The monoisotopic (exact) mass is 390 g/mol. The molecule has 0 amide bonds. The van der Waals surface area contributed by atoms with Crippen LogP contribution >= 0.6 is 0 Å². The summed E-state index contributed by atoms with van der Waals surface area (Å²) < 4.78 is 14.0. The van der Waals surface area contributed by atoms with Crippen LogP contribution in [0.3, 0.4) is 0 Å². The van der Waals surface area contributed by atoms with E-state index < -0.39 is 0 Å². The van der Waals surface area contributed by atoms with Crippen molar-refractivity contribution < 1.29 is 9.47 Å². The number of fused-ring (bicyclic) bond motifs is 2. The molecule has 1 unspecified atom stereocenters. The summed E-state index contributed by atoms with van der Waals surface area (Å²) in [5.41, 5.74) is 3.62. The smallest absolute Gasteiger partial charge is 0.227 e. The fourth-order valence-corrected chi connectivity index (χ4v) is 4.72. The molecule has 1 saturated heterocycles. The number of benzene rings is 2. The lowest BCUT2D eigenvalue weighted by atomic mass is 9.94. The predicted molar refractivity (Wildman–Crippen MR) is 111 cm³/mol. The van der Waals surface area contributed by atoms with Gasteiger partial charge in [-0.15, -0.1) is 10.2 Å². The minimum absolute atomic E-state index is 0.233. The number of methoxy groups -OCH3 is 1. The van der Waals surface area contributed by atoms with Crippen LogP contribution < -0.4 is 9.64 Å². The molecule has 1 aromatic heterocycles. The summed E-state index contributed by atoms with van der Waals surface area (Å²) in [7, 11) is 3.75. The molecule has 5 rings (SSSR count). The van der Waals surface area contributed by atoms with Crippen LogP contribution in [0.15, 0.2) is 48.5 Å². The Balaban J connectivity index is 1.41. The molecule has 6 nitrogen and oxygen atoms in total. The third-order valence-electron chi connectivity index (χ3n) is 6.26. The van der Waals surface area contributed by atoms with Crippen LogP contribution in [-0.2, 0) is 30.2 Å². The Morgan fingerprint density at radius 2 is 1.93 bits per heavy atom. The van der Waals surface area contributed by atoms with Crippen molar-refractivity contribution >= 4 is 5.95 Å². The minimum Gasteiger partial charge on any atom is -0.496 e. The molecular formula is C23H26N4O2. The summed E-state index contributed by atoms with van der Waals surface area (Å²) in [6.07, 6.45) is 2.78. The number of anilines is 1. The first-order valence-corrected chi connectivity index (χ1v) is 10.2. The molecule has 29 heavy (non-hydrogen) atoms. The summed E-state index contributed by atoms with van der Waals surface area (Å²) in [6, 6.07) is 16.7. The van der Waals surface area contributed by atoms with Crippen molar-refractivity contribution in [1.82, 2.24) is 14.8 Å². The van der Waals surface area contributed by atoms with Crippen LogP contribution in [-0.4, -0.2) is 41.6 Å². The maximum atomic E-state index is 6.36. The van der Waals surface area contributed by atoms with Gasteiger partial charge in [0.05, 0.1) is 20.3 Å². The largest absolute Gasteiger partial charge is 0.496 e. The van der Waals surface area contributed by atoms with Crippen LogP contribution in [0.25, 0.3) is 0 Å². The Bertz CT molecular complexity index is 1030. The van der Waals surface area contributed by atoms with Crippen LogP contribution in [0.5, 0.6) is 5.75 Å². The van der Waals surface area contributed by atoms with Crippen molar-refractivity contribution in [2.24, 2.45) is 7.05 Å². The molecule has 0 bridgehead atoms. The fraction of sp³-hybridized carbons (Fsp3) is 0.391. The van der Waals surface area contributed by atoms with Gasteiger partial charge in [-0.3, -0.25) is 0 Å². The van der Waals surface area contributed by atoms with E-state index >= 15 is 0 Å². The summed E-state index contributed by atoms with van der Waals surface area (Å²) in [6.45, 7) is 2.33. The van der Waals surface area contributed by atoms with Crippen LogP contribution in [0, 0.1) is 0 Å². The van der Waals surface area contributed by atoms with Crippen molar-refractivity contribution in [2.45, 2.75) is 24.9 Å². The molecule has 150 valence electrons. The Morgan fingerprint density at radius 1 is 1.10 bits per heavy atom. The normalized spacial score (nSPS) is 20.8. The second-order valence-corrected chi connectivity index (χ2v) is 7.89. The van der Waals surface area contributed by atoms with Gasteiger partial charge in [-0.1, -0.05) is 42.5 Å². The molecular weight excluding hydrogens is 364 g/mol. The molecule has 1 fully saturated rings. The summed E-state index contributed by atoms with van der Waals surface area (Å²) in [5.74, 6) is 2.71. The Hall–Kier alpha value is -2.86. The maximum Gasteiger partial charge on any atom is 0.227 e. The first kappa shape index (κ1) is 18.2. The number of para-hydroxylation sites is 1. The Labute approximate surface area is 171 Å². The van der Waals surface area contributed by atoms with Crippen molar-refractivity contribution in [3.05, 3.63) is 71.0 Å². The molecule has 2 aliphatic rings. The second-order valence-electron chi connectivity index (χ2n) is 7.89. The number of hydrogen-bond acceptors (Lipinski definition) is 5. The van der Waals surface area contributed by atoms with E-state index in [4.69, 9.17) is 9.47 Å². The van der Waals surface area contributed by atoms with Crippen molar-refractivity contribution in [2.75, 3.05) is 31.7 Å². The summed E-state index contributed by atoms with van der Waals surface area (Å²) >= 11 is 0. The lowest BCUT2D eigenvalue weighted by Gasteiger charge is -2.41. The molecule has 0 radical (unpaired) electrons. The van der Waals surface area contributed by atoms with Crippen LogP contribution in [0.1, 0.15) is 28.9 Å². The van der Waals surface area contributed by atoms with Gasteiger partial charge in [-0.2, -0.15) is 0 Å². The number of hydrogen-bond donors (Lipinski definition) is 0. The molecule has 1 aliphatic carbocycles. The lowest BCUT2D eigenvalue weighted by molar-refractivity contribution is -0.0597. The number of nitrogens with zero attached hydrogens (tertiary/aromatic N) is 4. The van der Waals surface area contributed by atoms with E-state index in [0.717, 1.165) is 49.0 Å². The highest BCUT2D eigenvalue weighted by Crippen LogP contribution is 2.42. The highest BCUT2D eigenvalue weighted by Gasteiger charge is 2.44. The zero-order valence-corrected chi connectivity index (χ0v) is 17.0. The Kier molecular flexibility index (Phi) is 4.51. The highest BCUT2D eigenvalue weighted by atomic mass is 16.5. The number of aromatic nitrogens is 3. The first-order chi connectivity index (χ1) is 14.2. The minimum atomic E-state index is -0.233.